The van der Waals surface area contributed by atoms with Crippen molar-refractivity contribution in [2.24, 2.45) is 0 Å². The predicted molar refractivity (Wildman–Crippen MR) is 127 cm³/mol. The van der Waals surface area contributed by atoms with E-state index in [9.17, 15) is 9.59 Å². The van der Waals surface area contributed by atoms with E-state index in [1.807, 2.05) is 31.2 Å². The number of aromatic nitrogens is 3. The van der Waals surface area contributed by atoms with Crippen LogP contribution in [0.25, 0.3) is 5.69 Å². The molecule has 0 saturated heterocycles. The molecule has 0 radical (unpaired) electrons. The molecule has 178 valence electrons. The summed E-state index contributed by atoms with van der Waals surface area (Å²) in [6.07, 6.45) is 3.20. The minimum absolute atomic E-state index is 0.131. The van der Waals surface area contributed by atoms with Crippen molar-refractivity contribution in [3.63, 3.8) is 0 Å². The summed E-state index contributed by atoms with van der Waals surface area (Å²) in [4.78, 5) is 24.8. The number of nitrogens with zero attached hydrogens (tertiary/aromatic N) is 3. The van der Waals surface area contributed by atoms with E-state index in [1.165, 1.54) is 0 Å². The molecule has 1 fully saturated rings. The number of carbonyl (C=O) groups excluding carboxylic acids is 2. The second-order valence-electron chi connectivity index (χ2n) is 8.08. The quantitative estimate of drug-likeness (QED) is 0.424. The Bertz CT molecular complexity index is 1120. The minimum Gasteiger partial charge on any atom is -0.497 e. The van der Waals surface area contributed by atoms with Crippen molar-refractivity contribution in [2.75, 3.05) is 20.3 Å². The molecule has 9 nitrogen and oxygen atoms in total. The van der Waals surface area contributed by atoms with E-state index in [-0.39, 0.29) is 17.9 Å². The van der Waals surface area contributed by atoms with Gasteiger partial charge in [0, 0.05) is 18.2 Å². The van der Waals surface area contributed by atoms with Gasteiger partial charge in [-0.1, -0.05) is 5.21 Å². The summed E-state index contributed by atoms with van der Waals surface area (Å²) in [7, 11) is 1.62. The second kappa shape index (κ2) is 10.8. The largest absolute Gasteiger partial charge is 0.497 e. The number of benzene rings is 2. The summed E-state index contributed by atoms with van der Waals surface area (Å²) in [5.41, 5.74) is 2.33. The molecular formula is C25H29N5O4. The van der Waals surface area contributed by atoms with Crippen molar-refractivity contribution in [3.05, 3.63) is 65.5 Å². The Kier molecular flexibility index (Phi) is 7.41. The van der Waals surface area contributed by atoms with Crippen LogP contribution >= 0.6 is 0 Å². The maximum absolute atomic E-state index is 12.8. The standard InChI is InChI=1S/C25H29N5O4/c1-3-26-24(31)17-6-10-19(11-7-17)30-22(23(28-29-30)25(32)27-18-8-9-18)5-4-16-34-21-14-12-20(33-2)13-15-21/h6-7,10-15,18H,3-5,8-9,16H2,1-2H3,(H,26,31)(H,27,32). The second-order valence-corrected chi connectivity index (χ2v) is 8.08. The van der Waals surface area contributed by atoms with E-state index >= 15 is 0 Å². The van der Waals surface area contributed by atoms with Gasteiger partial charge in [-0.15, -0.1) is 5.10 Å². The number of hydrogen-bond donors (Lipinski definition) is 2. The van der Waals surface area contributed by atoms with Crippen molar-refractivity contribution >= 4 is 11.8 Å². The Labute approximate surface area is 198 Å². The average molecular weight is 464 g/mol. The van der Waals surface area contributed by atoms with Crippen LogP contribution < -0.4 is 20.1 Å². The third kappa shape index (κ3) is 5.72. The summed E-state index contributed by atoms with van der Waals surface area (Å²) < 4.78 is 12.7. The van der Waals surface area contributed by atoms with E-state index in [1.54, 1.807) is 36.1 Å². The van der Waals surface area contributed by atoms with Crippen molar-refractivity contribution in [1.82, 2.24) is 25.6 Å². The minimum atomic E-state index is -0.209. The van der Waals surface area contributed by atoms with E-state index in [4.69, 9.17) is 9.47 Å². The lowest BCUT2D eigenvalue weighted by atomic mass is 10.1. The number of methoxy groups -OCH3 is 1. The third-order valence-corrected chi connectivity index (χ3v) is 5.49. The topological polar surface area (TPSA) is 107 Å². The Morgan fingerprint density at radius 3 is 2.38 bits per heavy atom. The third-order valence-electron chi connectivity index (χ3n) is 5.49. The number of carbonyl (C=O) groups is 2. The molecule has 34 heavy (non-hydrogen) atoms. The van der Waals surface area contributed by atoms with E-state index in [0.717, 1.165) is 30.0 Å². The first-order valence-corrected chi connectivity index (χ1v) is 11.5. The molecule has 4 rings (SSSR count). The number of ether oxygens (including phenoxy) is 2. The van der Waals surface area contributed by atoms with E-state index < -0.39 is 0 Å². The number of rotatable bonds is 11. The van der Waals surface area contributed by atoms with Crippen LogP contribution in [0, 0.1) is 0 Å². The molecule has 2 amide bonds. The molecule has 3 aromatic rings. The van der Waals surface area contributed by atoms with Crippen molar-refractivity contribution in [1.29, 1.82) is 0 Å². The molecule has 1 heterocycles. The number of hydrogen-bond acceptors (Lipinski definition) is 6. The smallest absolute Gasteiger partial charge is 0.273 e. The average Bonchev–Trinajstić information content (AvgIpc) is 3.58. The van der Waals surface area contributed by atoms with Gasteiger partial charge < -0.3 is 20.1 Å². The Morgan fingerprint density at radius 2 is 1.74 bits per heavy atom. The van der Waals surface area contributed by atoms with E-state index in [0.29, 0.717) is 42.9 Å². The molecule has 1 aliphatic rings. The molecule has 1 aromatic heterocycles. The maximum atomic E-state index is 12.8. The number of nitrogens with one attached hydrogen (secondary N) is 2. The maximum Gasteiger partial charge on any atom is 0.273 e. The van der Waals surface area contributed by atoms with Crippen LogP contribution in [0.1, 0.15) is 52.7 Å². The zero-order chi connectivity index (χ0) is 23.9. The zero-order valence-electron chi connectivity index (χ0n) is 19.4. The highest BCUT2D eigenvalue weighted by atomic mass is 16.5. The lowest BCUT2D eigenvalue weighted by Gasteiger charge is -2.10. The van der Waals surface area contributed by atoms with Crippen LogP contribution in [0.4, 0.5) is 0 Å². The highest BCUT2D eigenvalue weighted by molar-refractivity contribution is 5.94. The summed E-state index contributed by atoms with van der Waals surface area (Å²) in [5.74, 6) is 1.18. The summed E-state index contributed by atoms with van der Waals surface area (Å²) in [6, 6.07) is 14.7. The van der Waals surface area contributed by atoms with E-state index in [2.05, 4.69) is 20.9 Å². The first-order chi connectivity index (χ1) is 16.6. The molecule has 1 saturated carbocycles. The van der Waals surface area contributed by atoms with Gasteiger partial charge in [0.15, 0.2) is 5.69 Å². The fourth-order valence-electron chi connectivity index (χ4n) is 3.51. The Balaban J connectivity index is 1.48. The summed E-state index contributed by atoms with van der Waals surface area (Å²) >= 11 is 0. The Morgan fingerprint density at radius 1 is 1.03 bits per heavy atom. The highest BCUT2D eigenvalue weighted by Crippen LogP contribution is 2.22. The van der Waals surface area contributed by atoms with Crippen LogP contribution in [0.15, 0.2) is 48.5 Å². The summed E-state index contributed by atoms with van der Waals surface area (Å²) in [5, 5.41) is 14.2. The SMILES string of the molecule is CCNC(=O)c1ccc(-n2nnc(C(=O)NC3CC3)c2CCCOc2ccc(OC)cc2)cc1. The predicted octanol–water partition coefficient (Wildman–Crippen LogP) is 2.93. The highest BCUT2D eigenvalue weighted by Gasteiger charge is 2.27. The molecule has 1 aliphatic carbocycles. The molecular weight excluding hydrogens is 434 g/mol. The van der Waals surface area contributed by atoms with Gasteiger partial charge in [-0.25, -0.2) is 4.68 Å². The van der Waals surface area contributed by atoms with Gasteiger partial charge in [0.05, 0.1) is 25.1 Å². The molecule has 0 bridgehead atoms. The molecule has 0 aliphatic heterocycles. The van der Waals surface area contributed by atoms with Crippen molar-refractivity contribution in [2.45, 2.75) is 38.6 Å². The van der Waals surface area contributed by atoms with Crippen LogP contribution in [-0.4, -0.2) is 53.1 Å². The van der Waals surface area contributed by atoms with Crippen LogP contribution in [0.5, 0.6) is 11.5 Å². The van der Waals surface area contributed by atoms with Crippen LogP contribution in [0.3, 0.4) is 0 Å². The number of amides is 2. The first kappa shape index (κ1) is 23.3. The van der Waals surface area contributed by atoms with Gasteiger partial charge >= 0.3 is 0 Å². The molecule has 0 spiro atoms. The van der Waals surface area contributed by atoms with Crippen molar-refractivity contribution in [3.8, 4) is 17.2 Å². The van der Waals surface area contributed by atoms with Gasteiger partial charge in [0.25, 0.3) is 11.8 Å². The lowest BCUT2D eigenvalue weighted by Crippen LogP contribution is -2.27. The first-order valence-electron chi connectivity index (χ1n) is 11.5. The monoisotopic (exact) mass is 463 g/mol. The van der Waals surface area contributed by atoms with Gasteiger partial charge in [-0.05, 0) is 81.1 Å². The normalized spacial score (nSPS) is 12.8. The fourth-order valence-corrected chi connectivity index (χ4v) is 3.51. The lowest BCUT2D eigenvalue weighted by molar-refractivity contribution is 0.0940. The van der Waals surface area contributed by atoms with Crippen LogP contribution in [0.2, 0.25) is 0 Å². The van der Waals surface area contributed by atoms with Crippen LogP contribution in [-0.2, 0) is 6.42 Å². The molecule has 2 aromatic carbocycles. The molecule has 0 atom stereocenters. The van der Waals surface area contributed by atoms with Gasteiger partial charge in [-0.2, -0.15) is 0 Å². The molecule has 0 unspecified atom stereocenters. The molecule has 2 N–H and O–H groups in total. The molecule has 9 heteroatoms. The van der Waals surface area contributed by atoms with Gasteiger partial charge in [0.1, 0.15) is 11.5 Å². The fraction of sp³-hybridized carbons (Fsp3) is 0.360. The van der Waals surface area contributed by atoms with Crippen molar-refractivity contribution < 1.29 is 19.1 Å². The Hall–Kier alpha value is -3.88. The van der Waals surface area contributed by atoms with Gasteiger partial charge in [0.2, 0.25) is 0 Å². The van der Waals surface area contributed by atoms with Gasteiger partial charge in [-0.3, -0.25) is 9.59 Å². The summed E-state index contributed by atoms with van der Waals surface area (Å²) in [6.45, 7) is 2.91. The zero-order valence-corrected chi connectivity index (χ0v) is 19.4.